The molecule has 37 heavy (non-hydrogen) atoms. The molecule has 0 amide bonds. The molecule has 1 heterocycles. The molecule has 3 aromatic carbocycles. The van der Waals surface area contributed by atoms with E-state index in [1.54, 1.807) is 24.3 Å². The zero-order valence-corrected chi connectivity index (χ0v) is 20.5. The Balaban J connectivity index is 1.66. The summed E-state index contributed by atoms with van der Waals surface area (Å²) in [5.74, 6) is -0.220. The SMILES string of the molecule is COc1ccc(C2C(C#N)=C(N)Oc3cc(OS(=O)(=O)Cc4cccc([N+](=O)[O-])c4)ccc32)cc1OC. The largest absolute Gasteiger partial charge is 0.493 e. The number of rotatable bonds is 8. The van der Waals surface area contributed by atoms with Crippen molar-refractivity contribution in [1.82, 2.24) is 0 Å². The van der Waals surface area contributed by atoms with Crippen molar-refractivity contribution in [3.05, 3.63) is 98.9 Å². The molecule has 3 aromatic rings. The first kappa shape index (κ1) is 25.3. The number of ether oxygens (including phenoxy) is 3. The molecule has 0 aromatic heterocycles. The summed E-state index contributed by atoms with van der Waals surface area (Å²) in [7, 11) is -1.17. The van der Waals surface area contributed by atoms with Crippen LogP contribution in [0.15, 0.2) is 72.1 Å². The third-order valence-corrected chi connectivity index (χ3v) is 6.75. The fourth-order valence-electron chi connectivity index (χ4n) is 4.00. The van der Waals surface area contributed by atoms with Gasteiger partial charge in [0, 0.05) is 23.8 Å². The van der Waals surface area contributed by atoms with Gasteiger partial charge in [-0.25, -0.2) is 0 Å². The zero-order valence-electron chi connectivity index (χ0n) is 19.7. The standard InChI is InChI=1S/C25H21N3O8S/c1-33-21-9-6-16(11-23(21)34-2)24-19-8-7-18(12-22(19)35-25(27)20(24)13-26)36-37(31,32)14-15-4-3-5-17(10-15)28(29)30/h3-12,24H,14,27H2,1-2H3. The fraction of sp³-hybridized carbons (Fsp3) is 0.160. The minimum absolute atomic E-state index is 0.0524. The molecule has 0 aliphatic carbocycles. The lowest BCUT2D eigenvalue weighted by atomic mass is 9.83. The van der Waals surface area contributed by atoms with Crippen LogP contribution < -0.4 is 24.1 Å². The molecule has 0 saturated carbocycles. The molecule has 190 valence electrons. The van der Waals surface area contributed by atoms with Crippen LogP contribution in [-0.4, -0.2) is 27.6 Å². The van der Waals surface area contributed by atoms with Gasteiger partial charge in [0.05, 0.1) is 25.1 Å². The number of allylic oxidation sites excluding steroid dienone is 1. The van der Waals surface area contributed by atoms with Crippen molar-refractivity contribution in [3.63, 3.8) is 0 Å². The summed E-state index contributed by atoms with van der Waals surface area (Å²) < 4.78 is 46.9. The minimum Gasteiger partial charge on any atom is -0.493 e. The number of nitro benzene ring substituents is 1. The number of benzene rings is 3. The highest BCUT2D eigenvalue weighted by Crippen LogP contribution is 2.45. The van der Waals surface area contributed by atoms with Gasteiger partial charge in [-0.3, -0.25) is 10.1 Å². The number of hydrogen-bond acceptors (Lipinski definition) is 10. The fourth-order valence-corrected chi connectivity index (χ4v) is 5.05. The molecule has 0 saturated heterocycles. The van der Waals surface area contributed by atoms with Crippen LogP contribution in [0.3, 0.4) is 0 Å². The van der Waals surface area contributed by atoms with Crippen molar-refractivity contribution >= 4 is 15.8 Å². The second kappa shape index (κ2) is 10.1. The topological polar surface area (TPSA) is 164 Å². The van der Waals surface area contributed by atoms with E-state index in [2.05, 4.69) is 6.07 Å². The zero-order chi connectivity index (χ0) is 26.7. The quantitative estimate of drug-likeness (QED) is 0.261. The monoisotopic (exact) mass is 523 g/mol. The summed E-state index contributed by atoms with van der Waals surface area (Å²) in [6, 6.07) is 16.9. The maximum Gasteiger partial charge on any atom is 0.313 e. The van der Waals surface area contributed by atoms with E-state index in [1.807, 2.05) is 0 Å². The molecular weight excluding hydrogens is 502 g/mol. The molecule has 0 fully saturated rings. The van der Waals surface area contributed by atoms with Gasteiger partial charge in [-0.05, 0) is 29.3 Å². The van der Waals surface area contributed by atoms with E-state index in [9.17, 15) is 23.8 Å². The number of non-ortho nitro benzene ring substituents is 1. The Morgan fingerprint density at radius 1 is 1.08 bits per heavy atom. The summed E-state index contributed by atoms with van der Waals surface area (Å²) in [5, 5.41) is 20.8. The highest BCUT2D eigenvalue weighted by Gasteiger charge is 2.32. The van der Waals surface area contributed by atoms with Crippen LogP contribution >= 0.6 is 0 Å². The number of hydrogen-bond donors (Lipinski definition) is 1. The third kappa shape index (κ3) is 5.26. The van der Waals surface area contributed by atoms with Crippen molar-refractivity contribution < 1.29 is 31.7 Å². The number of nitrogens with two attached hydrogens (primary N) is 1. The first-order valence-electron chi connectivity index (χ1n) is 10.7. The van der Waals surface area contributed by atoms with Gasteiger partial charge in [0.2, 0.25) is 5.88 Å². The number of nitriles is 1. The lowest BCUT2D eigenvalue weighted by Crippen LogP contribution is -2.21. The Morgan fingerprint density at radius 2 is 1.84 bits per heavy atom. The molecule has 0 bridgehead atoms. The van der Waals surface area contributed by atoms with E-state index >= 15 is 0 Å². The van der Waals surface area contributed by atoms with Gasteiger partial charge in [-0.2, -0.15) is 13.7 Å². The maximum atomic E-state index is 12.7. The highest BCUT2D eigenvalue weighted by atomic mass is 32.2. The second-order valence-corrected chi connectivity index (χ2v) is 9.52. The number of nitrogens with zero attached hydrogens (tertiary/aromatic N) is 2. The van der Waals surface area contributed by atoms with Crippen LogP contribution in [0.1, 0.15) is 22.6 Å². The minimum atomic E-state index is -4.17. The van der Waals surface area contributed by atoms with Crippen LogP contribution in [-0.2, 0) is 15.9 Å². The van der Waals surface area contributed by atoms with Crippen LogP contribution in [0.5, 0.6) is 23.0 Å². The molecule has 0 spiro atoms. The third-order valence-electron chi connectivity index (χ3n) is 5.62. The van der Waals surface area contributed by atoms with E-state index in [4.69, 9.17) is 24.1 Å². The number of methoxy groups -OCH3 is 2. The maximum absolute atomic E-state index is 12.7. The van der Waals surface area contributed by atoms with Crippen LogP contribution in [0.25, 0.3) is 0 Å². The van der Waals surface area contributed by atoms with Gasteiger partial charge in [0.1, 0.15) is 28.9 Å². The van der Waals surface area contributed by atoms with Gasteiger partial charge in [0.15, 0.2) is 11.5 Å². The molecule has 4 rings (SSSR count). The molecule has 12 heteroatoms. The predicted octanol–water partition coefficient (Wildman–Crippen LogP) is 3.74. The molecule has 1 aliphatic rings. The van der Waals surface area contributed by atoms with Crippen LogP contribution in [0, 0.1) is 21.4 Å². The molecule has 2 N–H and O–H groups in total. The first-order valence-corrected chi connectivity index (χ1v) is 12.3. The summed E-state index contributed by atoms with van der Waals surface area (Å²) >= 11 is 0. The molecular formula is C25H21N3O8S. The van der Waals surface area contributed by atoms with Crippen LogP contribution in [0.2, 0.25) is 0 Å². The Morgan fingerprint density at radius 3 is 2.51 bits per heavy atom. The lowest BCUT2D eigenvalue weighted by molar-refractivity contribution is -0.384. The van der Waals surface area contributed by atoms with Crippen molar-refractivity contribution in [1.29, 1.82) is 5.26 Å². The van der Waals surface area contributed by atoms with E-state index in [0.29, 0.717) is 22.6 Å². The van der Waals surface area contributed by atoms with Crippen molar-refractivity contribution in [2.24, 2.45) is 5.73 Å². The summed E-state index contributed by atoms with van der Waals surface area (Å²) in [4.78, 5) is 10.4. The second-order valence-electron chi connectivity index (χ2n) is 7.95. The van der Waals surface area contributed by atoms with E-state index < -0.39 is 26.7 Å². The molecule has 11 nitrogen and oxygen atoms in total. The molecule has 1 atom stereocenters. The van der Waals surface area contributed by atoms with Gasteiger partial charge in [-0.1, -0.05) is 24.3 Å². The van der Waals surface area contributed by atoms with Gasteiger partial charge < -0.3 is 24.1 Å². The van der Waals surface area contributed by atoms with Gasteiger partial charge >= 0.3 is 10.1 Å². The molecule has 1 unspecified atom stereocenters. The number of nitro groups is 1. The molecule has 0 radical (unpaired) electrons. The summed E-state index contributed by atoms with van der Waals surface area (Å²) in [5.41, 5.74) is 7.41. The van der Waals surface area contributed by atoms with Gasteiger partial charge in [-0.15, -0.1) is 0 Å². The Bertz CT molecular complexity index is 1560. The Hall–Kier alpha value is -4.76. The predicted molar refractivity (Wildman–Crippen MR) is 132 cm³/mol. The Kier molecular flexibility index (Phi) is 6.90. The lowest BCUT2D eigenvalue weighted by Gasteiger charge is -2.27. The first-order chi connectivity index (χ1) is 17.7. The van der Waals surface area contributed by atoms with E-state index in [-0.39, 0.29) is 34.2 Å². The average Bonchev–Trinajstić information content (AvgIpc) is 2.86. The number of fused-ring (bicyclic) bond motifs is 1. The highest BCUT2D eigenvalue weighted by molar-refractivity contribution is 7.86. The van der Waals surface area contributed by atoms with E-state index in [0.717, 1.165) is 0 Å². The molecule has 1 aliphatic heterocycles. The average molecular weight is 524 g/mol. The summed E-state index contributed by atoms with van der Waals surface area (Å²) in [6.07, 6.45) is 0. The normalized spacial score (nSPS) is 14.7. The van der Waals surface area contributed by atoms with Gasteiger partial charge in [0.25, 0.3) is 5.69 Å². The van der Waals surface area contributed by atoms with Crippen molar-refractivity contribution in [2.45, 2.75) is 11.7 Å². The summed E-state index contributed by atoms with van der Waals surface area (Å²) in [6.45, 7) is 0. The smallest absolute Gasteiger partial charge is 0.313 e. The van der Waals surface area contributed by atoms with Crippen molar-refractivity contribution in [3.8, 4) is 29.1 Å². The van der Waals surface area contributed by atoms with Crippen molar-refractivity contribution in [2.75, 3.05) is 14.2 Å². The Labute approximate surface area is 212 Å². The van der Waals surface area contributed by atoms with E-state index in [1.165, 1.54) is 50.6 Å². The van der Waals surface area contributed by atoms with Crippen LogP contribution in [0.4, 0.5) is 5.69 Å².